The van der Waals surface area contributed by atoms with Crippen molar-refractivity contribution in [3.05, 3.63) is 10.2 Å². The van der Waals surface area contributed by atoms with E-state index >= 15 is 0 Å². The molecule has 1 aliphatic heterocycles. The third-order valence-corrected chi connectivity index (χ3v) is 2.36. The van der Waals surface area contributed by atoms with Gasteiger partial charge in [-0.25, -0.2) is 4.79 Å². The molecular weight excluding hydrogens is 236 g/mol. The third-order valence-electron chi connectivity index (χ3n) is 1.59. The molecule has 13 heavy (non-hydrogen) atoms. The SMILES string of the molecule is CC(C)OC(=O)/C(Br)=C1\CCCO1. The maximum absolute atomic E-state index is 11.3. The minimum absolute atomic E-state index is 0.0953. The molecule has 4 heteroatoms. The summed E-state index contributed by atoms with van der Waals surface area (Å²) in [5.41, 5.74) is 0. The lowest BCUT2D eigenvalue weighted by Crippen LogP contribution is -2.12. The molecule has 0 bridgehead atoms. The van der Waals surface area contributed by atoms with Crippen molar-refractivity contribution in [1.29, 1.82) is 0 Å². The van der Waals surface area contributed by atoms with E-state index < -0.39 is 0 Å². The molecule has 0 amide bonds. The van der Waals surface area contributed by atoms with E-state index in [0.717, 1.165) is 12.8 Å². The monoisotopic (exact) mass is 248 g/mol. The molecule has 0 atom stereocenters. The number of ether oxygens (including phenoxy) is 2. The average Bonchev–Trinajstić information content (AvgIpc) is 2.53. The molecule has 0 spiro atoms. The van der Waals surface area contributed by atoms with Crippen LogP contribution in [-0.4, -0.2) is 18.7 Å². The summed E-state index contributed by atoms with van der Waals surface area (Å²) in [5.74, 6) is 0.373. The normalized spacial score (nSPS) is 20.0. The molecule has 0 aliphatic carbocycles. The topological polar surface area (TPSA) is 35.5 Å². The summed E-state index contributed by atoms with van der Waals surface area (Å²) in [4.78, 5) is 11.3. The molecular formula is C9H13BrO3. The Morgan fingerprint density at radius 1 is 1.62 bits per heavy atom. The second kappa shape index (κ2) is 4.65. The summed E-state index contributed by atoms with van der Waals surface area (Å²) in [7, 11) is 0. The fourth-order valence-electron chi connectivity index (χ4n) is 1.05. The van der Waals surface area contributed by atoms with Gasteiger partial charge in [0.05, 0.1) is 12.7 Å². The van der Waals surface area contributed by atoms with Crippen molar-refractivity contribution < 1.29 is 14.3 Å². The number of carbonyl (C=O) groups excluding carboxylic acids is 1. The quantitative estimate of drug-likeness (QED) is 0.556. The van der Waals surface area contributed by atoms with E-state index in [1.807, 2.05) is 13.8 Å². The molecule has 1 heterocycles. The molecule has 74 valence electrons. The number of rotatable bonds is 2. The van der Waals surface area contributed by atoms with Crippen LogP contribution in [-0.2, 0) is 14.3 Å². The van der Waals surface area contributed by atoms with Crippen LogP contribution in [0.25, 0.3) is 0 Å². The summed E-state index contributed by atoms with van der Waals surface area (Å²) in [5, 5.41) is 0. The van der Waals surface area contributed by atoms with Gasteiger partial charge in [0, 0.05) is 6.42 Å². The van der Waals surface area contributed by atoms with Crippen LogP contribution in [0, 0.1) is 0 Å². The zero-order valence-electron chi connectivity index (χ0n) is 7.80. The highest BCUT2D eigenvalue weighted by atomic mass is 79.9. The van der Waals surface area contributed by atoms with E-state index in [2.05, 4.69) is 15.9 Å². The van der Waals surface area contributed by atoms with Gasteiger partial charge >= 0.3 is 5.97 Å². The number of allylic oxidation sites excluding steroid dienone is 1. The van der Waals surface area contributed by atoms with E-state index in [-0.39, 0.29) is 12.1 Å². The first-order valence-corrected chi connectivity index (χ1v) is 5.13. The van der Waals surface area contributed by atoms with Gasteiger partial charge in [0.2, 0.25) is 0 Å². The van der Waals surface area contributed by atoms with Crippen LogP contribution >= 0.6 is 15.9 Å². The van der Waals surface area contributed by atoms with E-state index in [1.54, 1.807) is 0 Å². The molecule has 1 rings (SSSR count). The Morgan fingerprint density at radius 2 is 2.31 bits per heavy atom. The Labute approximate surface area is 86.2 Å². The third kappa shape index (κ3) is 3.03. The Kier molecular flexibility index (Phi) is 3.78. The summed E-state index contributed by atoms with van der Waals surface area (Å²) >= 11 is 3.18. The van der Waals surface area contributed by atoms with Crippen molar-refractivity contribution in [2.75, 3.05) is 6.61 Å². The highest BCUT2D eigenvalue weighted by Crippen LogP contribution is 2.24. The van der Waals surface area contributed by atoms with Gasteiger partial charge in [0.1, 0.15) is 10.2 Å². The number of carbonyl (C=O) groups is 1. The molecule has 3 nitrogen and oxygen atoms in total. The van der Waals surface area contributed by atoms with Crippen LogP contribution in [0.1, 0.15) is 26.7 Å². The van der Waals surface area contributed by atoms with Gasteiger partial charge in [0.15, 0.2) is 0 Å². The average molecular weight is 249 g/mol. The Hall–Kier alpha value is -0.510. The van der Waals surface area contributed by atoms with Crippen molar-refractivity contribution in [2.24, 2.45) is 0 Å². The van der Waals surface area contributed by atoms with Gasteiger partial charge < -0.3 is 9.47 Å². The van der Waals surface area contributed by atoms with Gasteiger partial charge in [0.25, 0.3) is 0 Å². The smallest absolute Gasteiger partial charge is 0.348 e. The lowest BCUT2D eigenvalue weighted by molar-refractivity contribution is -0.141. The van der Waals surface area contributed by atoms with Gasteiger partial charge in [-0.3, -0.25) is 0 Å². The van der Waals surface area contributed by atoms with Gasteiger partial charge in [-0.2, -0.15) is 0 Å². The first-order chi connectivity index (χ1) is 6.11. The predicted molar refractivity (Wildman–Crippen MR) is 52.4 cm³/mol. The van der Waals surface area contributed by atoms with E-state index in [4.69, 9.17) is 9.47 Å². The molecule has 0 unspecified atom stereocenters. The minimum Gasteiger partial charge on any atom is -0.496 e. The molecule has 0 radical (unpaired) electrons. The number of esters is 1. The molecule has 0 aromatic rings. The Morgan fingerprint density at radius 3 is 2.77 bits per heavy atom. The fourth-order valence-corrected chi connectivity index (χ4v) is 1.46. The maximum Gasteiger partial charge on any atom is 0.348 e. The summed E-state index contributed by atoms with van der Waals surface area (Å²) < 4.78 is 10.7. The first-order valence-electron chi connectivity index (χ1n) is 4.33. The lowest BCUT2D eigenvalue weighted by atomic mass is 10.3. The van der Waals surface area contributed by atoms with E-state index in [0.29, 0.717) is 16.8 Å². The maximum atomic E-state index is 11.3. The summed E-state index contributed by atoms with van der Waals surface area (Å²) in [6, 6.07) is 0. The number of halogens is 1. The second-order valence-electron chi connectivity index (χ2n) is 3.14. The van der Waals surface area contributed by atoms with Crippen LogP contribution in [0.15, 0.2) is 10.2 Å². The molecule has 0 aromatic heterocycles. The standard InChI is InChI=1S/C9H13BrO3/c1-6(2)13-9(11)8(10)7-4-3-5-12-7/h6H,3-5H2,1-2H3/b8-7-. The van der Waals surface area contributed by atoms with E-state index in [1.165, 1.54) is 0 Å². The summed E-state index contributed by atoms with van der Waals surface area (Å²) in [6.07, 6.45) is 1.69. The fraction of sp³-hybridized carbons (Fsp3) is 0.667. The molecule has 1 aliphatic rings. The predicted octanol–water partition coefficient (Wildman–Crippen LogP) is 2.35. The molecule has 1 fully saturated rings. The Balaban J connectivity index is 2.59. The highest BCUT2D eigenvalue weighted by Gasteiger charge is 2.19. The van der Waals surface area contributed by atoms with Crippen LogP contribution in [0.3, 0.4) is 0 Å². The van der Waals surface area contributed by atoms with Crippen LogP contribution in [0.5, 0.6) is 0 Å². The van der Waals surface area contributed by atoms with Crippen molar-refractivity contribution in [2.45, 2.75) is 32.8 Å². The Bertz CT molecular complexity index is 225. The van der Waals surface area contributed by atoms with E-state index in [9.17, 15) is 4.79 Å². The molecule has 0 N–H and O–H groups in total. The van der Waals surface area contributed by atoms with Crippen molar-refractivity contribution in [3.8, 4) is 0 Å². The molecule has 0 saturated carbocycles. The highest BCUT2D eigenvalue weighted by molar-refractivity contribution is 9.12. The van der Waals surface area contributed by atoms with Gasteiger partial charge in [-0.15, -0.1) is 0 Å². The van der Waals surface area contributed by atoms with Gasteiger partial charge in [-0.1, -0.05) is 0 Å². The summed E-state index contributed by atoms with van der Waals surface area (Å²) in [6.45, 7) is 4.33. The van der Waals surface area contributed by atoms with Gasteiger partial charge in [-0.05, 0) is 36.2 Å². The first kappa shape index (κ1) is 10.6. The van der Waals surface area contributed by atoms with Crippen molar-refractivity contribution in [1.82, 2.24) is 0 Å². The minimum atomic E-state index is -0.341. The van der Waals surface area contributed by atoms with Crippen LogP contribution in [0.4, 0.5) is 0 Å². The van der Waals surface area contributed by atoms with Crippen molar-refractivity contribution >= 4 is 21.9 Å². The molecule has 0 aromatic carbocycles. The number of hydrogen-bond acceptors (Lipinski definition) is 3. The largest absolute Gasteiger partial charge is 0.496 e. The molecule has 1 saturated heterocycles. The zero-order valence-corrected chi connectivity index (χ0v) is 9.39. The second-order valence-corrected chi connectivity index (χ2v) is 3.94. The van der Waals surface area contributed by atoms with Crippen molar-refractivity contribution in [3.63, 3.8) is 0 Å². The van der Waals surface area contributed by atoms with Crippen LogP contribution < -0.4 is 0 Å². The lowest BCUT2D eigenvalue weighted by Gasteiger charge is -2.08. The zero-order chi connectivity index (χ0) is 9.84. The van der Waals surface area contributed by atoms with Crippen LogP contribution in [0.2, 0.25) is 0 Å². The number of hydrogen-bond donors (Lipinski definition) is 0.